The highest BCUT2D eigenvalue weighted by Gasteiger charge is 2.38. The van der Waals surface area contributed by atoms with Crippen molar-refractivity contribution < 1.29 is 9.26 Å². The van der Waals surface area contributed by atoms with E-state index in [9.17, 15) is 0 Å². The summed E-state index contributed by atoms with van der Waals surface area (Å²) in [7, 11) is 6.34. The summed E-state index contributed by atoms with van der Waals surface area (Å²) in [5, 5.41) is 3.63. The summed E-state index contributed by atoms with van der Waals surface area (Å²) >= 11 is 0. The Bertz CT molecular complexity index is 387. The maximum atomic E-state index is 5.49. The van der Waals surface area contributed by atoms with E-state index in [2.05, 4.69) is 34.8 Å². The molecule has 0 aliphatic heterocycles. The molecule has 3 nitrogen and oxygen atoms in total. The van der Waals surface area contributed by atoms with Crippen molar-refractivity contribution in [3.8, 4) is 5.75 Å². The second kappa shape index (κ2) is 6.05. The summed E-state index contributed by atoms with van der Waals surface area (Å²) in [6, 6.07) is 8.19. The van der Waals surface area contributed by atoms with Gasteiger partial charge < -0.3 is 14.6 Å². The van der Waals surface area contributed by atoms with E-state index in [1.165, 1.54) is 18.4 Å². The monoisotopic (exact) mass is 265 g/mol. The Morgan fingerprint density at radius 3 is 2.78 bits per heavy atom. The van der Waals surface area contributed by atoms with Crippen LogP contribution in [0.2, 0.25) is 0 Å². The topological polar surface area (TPSA) is 30.5 Å². The Morgan fingerprint density at radius 2 is 2.17 bits per heavy atom. The Hall–Kier alpha value is -0.565. The van der Waals surface area contributed by atoms with Crippen LogP contribution in [0.1, 0.15) is 24.8 Å². The molecule has 1 fully saturated rings. The maximum absolute atomic E-state index is 5.49. The Balaban J connectivity index is 1.93. The van der Waals surface area contributed by atoms with Gasteiger partial charge in [-0.15, -0.1) is 0 Å². The third kappa shape index (κ3) is 3.06. The zero-order valence-corrected chi connectivity index (χ0v) is 12.3. The van der Waals surface area contributed by atoms with Gasteiger partial charge in [0.05, 0.1) is 13.2 Å². The minimum Gasteiger partial charge on any atom is -0.497 e. The second-order valence-electron chi connectivity index (χ2n) is 5.14. The van der Waals surface area contributed by atoms with Crippen LogP contribution in [0.25, 0.3) is 0 Å². The highest BCUT2D eigenvalue weighted by atomic mass is 31.0. The van der Waals surface area contributed by atoms with Gasteiger partial charge >= 0.3 is 0 Å². The van der Waals surface area contributed by atoms with Crippen molar-refractivity contribution >= 4 is 17.3 Å². The van der Waals surface area contributed by atoms with Crippen LogP contribution in [0, 0.1) is 0 Å². The number of rotatable bonds is 5. The molecule has 1 saturated carbocycles. The number of hydrogen-bond acceptors (Lipinski definition) is 3. The third-order valence-electron chi connectivity index (χ3n) is 3.89. The van der Waals surface area contributed by atoms with Crippen LogP contribution in [0.3, 0.4) is 0 Å². The van der Waals surface area contributed by atoms with Crippen molar-refractivity contribution in [2.45, 2.75) is 37.3 Å². The van der Waals surface area contributed by atoms with Gasteiger partial charge in [0.2, 0.25) is 0 Å². The van der Waals surface area contributed by atoms with Crippen molar-refractivity contribution in [2.75, 3.05) is 7.11 Å². The van der Waals surface area contributed by atoms with Crippen LogP contribution in [-0.2, 0) is 11.1 Å². The van der Waals surface area contributed by atoms with Crippen LogP contribution in [0.15, 0.2) is 24.3 Å². The van der Waals surface area contributed by atoms with Gasteiger partial charge in [0.25, 0.3) is 0 Å². The molecule has 1 aromatic carbocycles. The highest BCUT2D eigenvalue weighted by molar-refractivity contribution is 7.09. The Labute approximate surface area is 112 Å². The molecule has 0 spiro atoms. The fraction of sp³-hybridized carbons (Fsp3) is 0.538. The number of ether oxygens (including phenoxy) is 1. The molecule has 0 bridgehead atoms. The lowest BCUT2D eigenvalue weighted by Gasteiger charge is -2.32. The summed E-state index contributed by atoms with van der Waals surface area (Å²) in [6.07, 6.45) is 3.82. The lowest BCUT2D eigenvalue weighted by molar-refractivity contribution is 0.182. The molecule has 0 amide bonds. The predicted octanol–water partition coefficient (Wildman–Crippen LogP) is 1.47. The maximum Gasteiger partial charge on any atom is 0.131 e. The molecule has 0 aromatic heterocycles. The molecular weight excluding hydrogens is 244 g/mol. The van der Waals surface area contributed by atoms with E-state index in [0.717, 1.165) is 18.7 Å². The molecule has 0 heterocycles. The van der Waals surface area contributed by atoms with E-state index in [4.69, 9.17) is 9.26 Å². The molecule has 1 aliphatic carbocycles. The first-order valence-electron chi connectivity index (χ1n) is 6.41. The zero-order valence-electron chi connectivity index (χ0n) is 11.1. The van der Waals surface area contributed by atoms with E-state index in [-0.39, 0.29) is 5.44 Å². The fourth-order valence-corrected chi connectivity index (χ4v) is 3.04. The molecule has 1 N–H and O–H groups in total. The van der Waals surface area contributed by atoms with Gasteiger partial charge in [0.1, 0.15) is 13.6 Å². The van der Waals surface area contributed by atoms with E-state index in [1.807, 2.05) is 12.1 Å². The molecule has 5 heteroatoms. The van der Waals surface area contributed by atoms with Crippen molar-refractivity contribution in [3.63, 3.8) is 0 Å². The fourth-order valence-electron chi connectivity index (χ4n) is 2.60. The van der Waals surface area contributed by atoms with Crippen LogP contribution >= 0.6 is 9.47 Å². The average molecular weight is 265 g/mol. The molecule has 98 valence electrons. The Morgan fingerprint density at radius 1 is 1.44 bits per heavy atom. The predicted molar refractivity (Wildman–Crippen MR) is 79.5 cm³/mol. The number of methoxy groups -OCH3 is 1. The first-order valence-corrected chi connectivity index (χ1v) is 6.88. The average Bonchev–Trinajstić information content (AvgIpc) is 2.78. The van der Waals surface area contributed by atoms with Gasteiger partial charge in [-0.3, -0.25) is 0 Å². The smallest absolute Gasteiger partial charge is 0.131 e. The van der Waals surface area contributed by atoms with E-state index in [1.54, 1.807) is 7.11 Å². The van der Waals surface area contributed by atoms with Crippen molar-refractivity contribution in [2.24, 2.45) is 0 Å². The molecular formula is C13H21BNO2P. The van der Waals surface area contributed by atoms with Crippen LogP contribution < -0.4 is 10.1 Å². The van der Waals surface area contributed by atoms with Gasteiger partial charge in [0, 0.05) is 21.4 Å². The van der Waals surface area contributed by atoms with Crippen LogP contribution in [0.4, 0.5) is 0 Å². The van der Waals surface area contributed by atoms with E-state index < -0.39 is 0 Å². The summed E-state index contributed by atoms with van der Waals surface area (Å²) in [6.45, 7) is 0.866. The Kier molecular flexibility index (Phi) is 4.66. The zero-order chi connectivity index (χ0) is 13.0. The minimum absolute atomic E-state index is 0.0850. The SMILES string of the molecule is B[C@@]1(NCc2ccc(OC)cc2)CCC[C@H]1OP. The van der Waals surface area contributed by atoms with Gasteiger partial charge in [0.15, 0.2) is 0 Å². The van der Waals surface area contributed by atoms with Crippen molar-refractivity contribution in [3.05, 3.63) is 29.8 Å². The standard InChI is InChI=1S/C13H21BNO2P/c1-16-11-6-4-10(5-7-11)9-15-13(14)8-2-3-12(13)17-18/h4-7,12,15H,2-3,8-9,14,18H2,1H3/t12-,13-/m1/s1. The highest BCUT2D eigenvalue weighted by Crippen LogP contribution is 2.31. The first kappa shape index (κ1) is 13.9. The number of benzene rings is 1. The molecule has 1 unspecified atom stereocenters. The van der Waals surface area contributed by atoms with Gasteiger partial charge in [-0.05, 0) is 37.0 Å². The molecule has 3 atom stereocenters. The van der Waals surface area contributed by atoms with E-state index >= 15 is 0 Å². The summed E-state index contributed by atoms with van der Waals surface area (Å²) in [5.74, 6) is 0.900. The minimum atomic E-state index is 0.0850. The van der Waals surface area contributed by atoms with Gasteiger partial charge in [-0.2, -0.15) is 0 Å². The first-order chi connectivity index (χ1) is 8.68. The lowest BCUT2D eigenvalue weighted by atomic mass is 9.74. The number of hydrogen-bond donors (Lipinski definition) is 1. The quantitative estimate of drug-likeness (QED) is 0.646. The largest absolute Gasteiger partial charge is 0.497 e. The second-order valence-corrected chi connectivity index (χ2v) is 5.41. The number of nitrogens with one attached hydrogen (secondary N) is 1. The van der Waals surface area contributed by atoms with Crippen LogP contribution in [0.5, 0.6) is 5.75 Å². The third-order valence-corrected chi connectivity index (χ3v) is 4.22. The van der Waals surface area contributed by atoms with Gasteiger partial charge in [-0.1, -0.05) is 12.1 Å². The molecule has 18 heavy (non-hydrogen) atoms. The summed E-state index contributed by atoms with van der Waals surface area (Å²) in [4.78, 5) is 0. The van der Waals surface area contributed by atoms with Crippen molar-refractivity contribution in [1.82, 2.24) is 5.32 Å². The molecule has 0 radical (unpaired) electrons. The van der Waals surface area contributed by atoms with E-state index in [0.29, 0.717) is 6.10 Å². The van der Waals surface area contributed by atoms with Crippen molar-refractivity contribution in [1.29, 1.82) is 0 Å². The normalized spacial score (nSPS) is 27.3. The molecule has 1 aromatic rings. The summed E-state index contributed by atoms with van der Waals surface area (Å²) in [5.41, 5.74) is 1.35. The van der Waals surface area contributed by atoms with Crippen LogP contribution in [-0.4, -0.2) is 26.5 Å². The summed E-state index contributed by atoms with van der Waals surface area (Å²) < 4.78 is 10.6. The molecule has 1 aliphatic rings. The van der Waals surface area contributed by atoms with Gasteiger partial charge in [-0.25, -0.2) is 0 Å². The molecule has 2 rings (SSSR count). The molecule has 0 saturated heterocycles. The lowest BCUT2D eigenvalue weighted by Crippen LogP contribution is -2.51.